The Balaban J connectivity index is 1.43. The van der Waals surface area contributed by atoms with E-state index in [1.807, 2.05) is 43.3 Å². The summed E-state index contributed by atoms with van der Waals surface area (Å²) in [5.41, 5.74) is 4.46. The highest BCUT2D eigenvalue weighted by atomic mass is 16.4. The minimum atomic E-state index is -0.312. The van der Waals surface area contributed by atoms with Gasteiger partial charge in [0.1, 0.15) is 5.58 Å². The van der Waals surface area contributed by atoms with Crippen molar-refractivity contribution in [2.45, 2.75) is 33.2 Å². The number of hydrogen-bond acceptors (Lipinski definition) is 4. The highest BCUT2D eigenvalue weighted by Crippen LogP contribution is 2.25. The molecule has 1 amide bonds. The maximum Gasteiger partial charge on any atom is 0.336 e. The van der Waals surface area contributed by atoms with E-state index in [0.717, 1.165) is 48.1 Å². The number of nitrogens with one attached hydrogen (secondary N) is 1. The lowest BCUT2D eigenvalue weighted by molar-refractivity contribution is -0.121. The van der Waals surface area contributed by atoms with Crippen LogP contribution in [0.3, 0.4) is 0 Å². The molecular weight excluding hydrogens is 364 g/mol. The fourth-order valence-corrected chi connectivity index (χ4v) is 3.97. The molecule has 0 bridgehead atoms. The van der Waals surface area contributed by atoms with Gasteiger partial charge in [-0.05, 0) is 80.7 Å². The van der Waals surface area contributed by atoms with Gasteiger partial charge in [0.15, 0.2) is 0 Å². The van der Waals surface area contributed by atoms with Crippen molar-refractivity contribution >= 4 is 22.6 Å². The molecule has 0 saturated carbocycles. The maximum absolute atomic E-state index is 12.5. The Morgan fingerprint density at radius 1 is 1.07 bits per heavy atom. The smallest absolute Gasteiger partial charge is 0.336 e. The van der Waals surface area contributed by atoms with Crippen LogP contribution in [0, 0.1) is 19.8 Å². The number of likely N-dealkylation sites (tertiary alicyclic amines) is 1. The van der Waals surface area contributed by atoms with Gasteiger partial charge in [0.05, 0.1) is 0 Å². The summed E-state index contributed by atoms with van der Waals surface area (Å²) in [6.07, 6.45) is 1.63. The first-order chi connectivity index (χ1) is 14.0. The number of fused-ring (bicyclic) bond motifs is 1. The summed E-state index contributed by atoms with van der Waals surface area (Å²) < 4.78 is 5.41. The van der Waals surface area contributed by atoms with Crippen LogP contribution in [0.4, 0.5) is 5.69 Å². The van der Waals surface area contributed by atoms with Crippen molar-refractivity contribution in [1.29, 1.82) is 0 Å². The van der Waals surface area contributed by atoms with Gasteiger partial charge in [0.2, 0.25) is 5.91 Å². The van der Waals surface area contributed by atoms with Crippen LogP contribution in [0.1, 0.15) is 29.5 Å². The van der Waals surface area contributed by atoms with E-state index in [4.69, 9.17) is 4.42 Å². The molecule has 1 aromatic heterocycles. The molecular formula is C24H26N2O3. The Bertz CT molecular complexity index is 1080. The van der Waals surface area contributed by atoms with Crippen LogP contribution in [-0.2, 0) is 11.3 Å². The lowest BCUT2D eigenvalue weighted by Gasteiger charge is -2.31. The fourth-order valence-electron chi connectivity index (χ4n) is 3.97. The van der Waals surface area contributed by atoms with Crippen LogP contribution < -0.4 is 10.9 Å². The molecule has 0 atom stereocenters. The van der Waals surface area contributed by atoms with Crippen LogP contribution in [0.2, 0.25) is 0 Å². The summed E-state index contributed by atoms with van der Waals surface area (Å²) in [5.74, 6) is 0.113. The van der Waals surface area contributed by atoms with Gasteiger partial charge in [0.25, 0.3) is 0 Å². The first-order valence-electron chi connectivity index (χ1n) is 10.1. The predicted octanol–water partition coefficient (Wildman–Crippen LogP) is 4.26. The minimum absolute atomic E-state index is 0.0222. The molecule has 0 spiro atoms. The quantitative estimate of drug-likeness (QED) is 0.676. The zero-order valence-electron chi connectivity index (χ0n) is 16.9. The van der Waals surface area contributed by atoms with Crippen molar-refractivity contribution in [3.63, 3.8) is 0 Å². The van der Waals surface area contributed by atoms with E-state index in [-0.39, 0.29) is 17.5 Å². The number of aryl methyl sites for hydroxylation is 2. The molecule has 150 valence electrons. The summed E-state index contributed by atoms with van der Waals surface area (Å²) >= 11 is 0. The van der Waals surface area contributed by atoms with Crippen molar-refractivity contribution in [1.82, 2.24) is 4.90 Å². The van der Waals surface area contributed by atoms with Crippen molar-refractivity contribution in [3.8, 4) is 0 Å². The fraction of sp³-hybridized carbons (Fsp3) is 0.333. The van der Waals surface area contributed by atoms with Gasteiger partial charge in [-0.15, -0.1) is 0 Å². The van der Waals surface area contributed by atoms with E-state index >= 15 is 0 Å². The molecule has 1 N–H and O–H groups in total. The molecule has 5 nitrogen and oxygen atoms in total. The minimum Gasteiger partial charge on any atom is -0.423 e. The average Bonchev–Trinajstić information content (AvgIpc) is 2.71. The predicted molar refractivity (Wildman–Crippen MR) is 115 cm³/mol. The molecule has 2 heterocycles. The SMILES string of the molecule is Cc1cc2oc(=O)cc(CN3CCC(C(=O)Nc4ccccc4)CC3)c2cc1C. The molecule has 5 heteroatoms. The summed E-state index contributed by atoms with van der Waals surface area (Å²) in [4.78, 5) is 26.9. The third-order valence-corrected chi connectivity index (χ3v) is 5.84. The van der Waals surface area contributed by atoms with Crippen molar-refractivity contribution < 1.29 is 9.21 Å². The third kappa shape index (κ3) is 4.40. The third-order valence-electron chi connectivity index (χ3n) is 5.84. The Labute approximate surface area is 170 Å². The monoisotopic (exact) mass is 390 g/mol. The molecule has 1 saturated heterocycles. The number of amides is 1. The standard InChI is InChI=1S/C24H26N2O3/c1-16-12-21-19(14-23(27)29-22(21)13-17(16)2)15-26-10-8-18(9-11-26)24(28)25-20-6-4-3-5-7-20/h3-7,12-14,18H,8-11,15H2,1-2H3,(H,25,28). The molecule has 3 aromatic rings. The van der Waals surface area contributed by atoms with E-state index in [2.05, 4.69) is 23.2 Å². The lowest BCUT2D eigenvalue weighted by atomic mass is 9.95. The number of piperidine rings is 1. The van der Waals surface area contributed by atoms with Crippen molar-refractivity contribution in [2.75, 3.05) is 18.4 Å². The molecule has 1 aliphatic rings. The molecule has 0 radical (unpaired) electrons. The molecule has 2 aromatic carbocycles. The van der Waals surface area contributed by atoms with Crippen molar-refractivity contribution in [3.05, 3.63) is 75.6 Å². The van der Waals surface area contributed by atoms with Crippen LogP contribution in [0.15, 0.2) is 57.7 Å². The van der Waals surface area contributed by atoms with Gasteiger partial charge in [-0.2, -0.15) is 0 Å². The lowest BCUT2D eigenvalue weighted by Crippen LogP contribution is -2.37. The molecule has 4 rings (SSSR count). The first-order valence-corrected chi connectivity index (χ1v) is 10.1. The summed E-state index contributed by atoms with van der Waals surface area (Å²) in [5, 5.41) is 4.01. The maximum atomic E-state index is 12.5. The second kappa shape index (κ2) is 8.21. The number of benzene rings is 2. The van der Waals surface area contributed by atoms with E-state index in [1.165, 1.54) is 5.56 Å². The van der Waals surface area contributed by atoms with Crippen LogP contribution in [0.5, 0.6) is 0 Å². The van der Waals surface area contributed by atoms with E-state index in [0.29, 0.717) is 12.1 Å². The average molecular weight is 390 g/mol. The van der Waals surface area contributed by atoms with Crippen LogP contribution in [-0.4, -0.2) is 23.9 Å². The number of carbonyl (C=O) groups excluding carboxylic acids is 1. The normalized spacial score (nSPS) is 15.5. The number of hydrogen-bond donors (Lipinski definition) is 1. The number of nitrogens with zero attached hydrogens (tertiary/aromatic N) is 1. The Kier molecular flexibility index (Phi) is 5.49. The number of anilines is 1. The zero-order valence-corrected chi connectivity index (χ0v) is 16.9. The van der Waals surface area contributed by atoms with Crippen LogP contribution in [0.25, 0.3) is 11.0 Å². The Hall–Kier alpha value is -2.92. The number of rotatable bonds is 4. The van der Waals surface area contributed by atoms with Gasteiger partial charge in [0, 0.05) is 29.6 Å². The summed E-state index contributed by atoms with van der Waals surface area (Å²) in [6.45, 7) is 6.45. The van der Waals surface area contributed by atoms with E-state index in [1.54, 1.807) is 6.07 Å². The van der Waals surface area contributed by atoms with Gasteiger partial charge in [-0.25, -0.2) is 4.79 Å². The number of para-hydroxylation sites is 1. The van der Waals surface area contributed by atoms with Gasteiger partial charge in [-0.3, -0.25) is 9.69 Å². The highest BCUT2D eigenvalue weighted by Gasteiger charge is 2.25. The highest BCUT2D eigenvalue weighted by molar-refractivity contribution is 5.92. The Morgan fingerprint density at radius 3 is 2.48 bits per heavy atom. The molecule has 0 unspecified atom stereocenters. The second-order valence-corrected chi connectivity index (χ2v) is 7.93. The number of carbonyl (C=O) groups is 1. The van der Waals surface area contributed by atoms with Gasteiger partial charge >= 0.3 is 5.63 Å². The topological polar surface area (TPSA) is 62.6 Å². The van der Waals surface area contributed by atoms with Crippen LogP contribution >= 0.6 is 0 Å². The summed E-state index contributed by atoms with van der Waals surface area (Å²) in [7, 11) is 0. The molecule has 0 aliphatic carbocycles. The van der Waals surface area contributed by atoms with Gasteiger partial charge in [-0.1, -0.05) is 18.2 Å². The largest absolute Gasteiger partial charge is 0.423 e. The Morgan fingerprint density at radius 2 is 1.76 bits per heavy atom. The molecule has 1 aliphatic heterocycles. The van der Waals surface area contributed by atoms with Gasteiger partial charge < -0.3 is 9.73 Å². The van der Waals surface area contributed by atoms with E-state index in [9.17, 15) is 9.59 Å². The first kappa shape index (κ1) is 19.4. The van der Waals surface area contributed by atoms with Crippen molar-refractivity contribution in [2.24, 2.45) is 5.92 Å². The second-order valence-electron chi connectivity index (χ2n) is 7.93. The zero-order chi connectivity index (χ0) is 20.4. The summed E-state index contributed by atoms with van der Waals surface area (Å²) in [6, 6.07) is 15.2. The molecule has 1 fully saturated rings. The molecule has 29 heavy (non-hydrogen) atoms. The van der Waals surface area contributed by atoms with E-state index < -0.39 is 0 Å².